The molecule has 14 heavy (non-hydrogen) atoms. The van der Waals surface area contributed by atoms with Gasteiger partial charge < -0.3 is 0 Å². The fourth-order valence-electron chi connectivity index (χ4n) is 0.855. The fraction of sp³-hybridized carbons (Fsp3) is 0.417. The van der Waals surface area contributed by atoms with Crippen molar-refractivity contribution < 1.29 is 0 Å². The van der Waals surface area contributed by atoms with Crippen molar-refractivity contribution in [3.63, 3.8) is 0 Å². The molecule has 1 aromatic carbocycles. The SMILES string of the molecule is [CH2]CCc1ccc(Cl)cc1.[CH3][SnH]([CH3])[CH3]. The third kappa shape index (κ3) is 8.89. The Bertz CT molecular complexity index is 226. The summed E-state index contributed by atoms with van der Waals surface area (Å²) in [6.45, 7) is 3.77. The monoisotopic (exact) mass is 319 g/mol. The molecular formula is C12H20ClSn. The van der Waals surface area contributed by atoms with Gasteiger partial charge in [0.1, 0.15) is 0 Å². The Hall–Kier alpha value is 0.309. The van der Waals surface area contributed by atoms with Gasteiger partial charge in [-0.1, -0.05) is 30.7 Å². The molecule has 0 N–H and O–H groups in total. The molecule has 0 fully saturated rings. The summed E-state index contributed by atoms with van der Waals surface area (Å²) in [6, 6.07) is 7.89. The third-order valence-electron chi connectivity index (χ3n) is 1.38. The number of hydrogen-bond acceptors (Lipinski definition) is 0. The Balaban J connectivity index is 0.000000364. The molecule has 2 heteroatoms. The number of halogens is 1. The zero-order chi connectivity index (χ0) is 11.0. The zero-order valence-electron chi connectivity index (χ0n) is 9.39. The Kier molecular flexibility index (Phi) is 8.79. The van der Waals surface area contributed by atoms with Crippen molar-refractivity contribution >= 4 is 31.4 Å². The molecule has 1 radical (unpaired) electrons. The van der Waals surface area contributed by atoms with Crippen LogP contribution in [0.15, 0.2) is 24.3 Å². The van der Waals surface area contributed by atoms with Crippen LogP contribution in [0.1, 0.15) is 12.0 Å². The van der Waals surface area contributed by atoms with E-state index in [0.29, 0.717) is 0 Å². The molecule has 79 valence electrons. The molecule has 0 atom stereocenters. The average molecular weight is 318 g/mol. The molecule has 0 aliphatic heterocycles. The maximum atomic E-state index is 5.70. The van der Waals surface area contributed by atoms with Crippen LogP contribution >= 0.6 is 11.6 Å². The van der Waals surface area contributed by atoms with Gasteiger partial charge in [0.05, 0.1) is 0 Å². The third-order valence-corrected chi connectivity index (χ3v) is 1.63. The van der Waals surface area contributed by atoms with Crippen molar-refractivity contribution in [3.05, 3.63) is 41.8 Å². The molecule has 0 unspecified atom stereocenters. The summed E-state index contributed by atoms with van der Waals surface area (Å²) in [5.74, 6) is 0. The van der Waals surface area contributed by atoms with Crippen LogP contribution in [-0.2, 0) is 6.42 Å². The van der Waals surface area contributed by atoms with E-state index in [1.165, 1.54) is 5.56 Å². The summed E-state index contributed by atoms with van der Waals surface area (Å²) in [4.78, 5) is 7.13. The van der Waals surface area contributed by atoms with Crippen LogP contribution in [-0.4, -0.2) is 19.8 Å². The molecule has 0 aromatic heterocycles. The standard InChI is InChI=1S/C9H10Cl.3CH3.Sn.H/c1-2-3-8-4-6-9(10)7-5-8;;;;;/h4-7H,1-3H2;3*1H3;;. The van der Waals surface area contributed by atoms with E-state index in [1.54, 1.807) is 0 Å². The minimum atomic E-state index is -0.637. The Morgan fingerprint density at radius 2 is 1.57 bits per heavy atom. The van der Waals surface area contributed by atoms with E-state index in [2.05, 4.69) is 21.7 Å². The molecule has 0 aliphatic rings. The Morgan fingerprint density at radius 1 is 1.14 bits per heavy atom. The minimum absolute atomic E-state index is 0.637. The number of benzene rings is 1. The quantitative estimate of drug-likeness (QED) is 0.717. The molecule has 0 nitrogen and oxygen atoms in total. The first-order valence-corrected chi connectivity index (χ1v) is 15.4. The van der Waals surface area contributed by atoms with Crippen LogP contribution in [0, 0.1) is 6.92 Å². The number of aryl methyl sites for hydroxylation is 1. The molecule has 0 aliphatic carbocycles. The van der Waals surface area contributed by atoms with Crippen molar-refractivity contribution in [2.24, 2.45) is 0 Å². The van der Waals surface area contributed by atoms with Gasteiger partial charge in [-0.3, -0.25) is 0 Å². The van der Waals surface area contributed by atoms with Crippen LogP contribution in [0.25, 0.3) is 0 Å². The average Bonchev–Trinajstić information content (AvgIpc) is 2.08. The molecule has 0 saturated heterocycles. The van der Waals surface area contributed by atoms with Gasteiger partial charge in [0, 0.05) is 5.02 Å². The second-order valence-corrected chi connectivity index (χ2v) is 14.3. The molecule has 0 amide bonds. The molecular weight excluding hydrogens is 298 g/mol. The summed E-state index contributed by atoms with van der Waals surface area (Å²) >= 11 is 5.06. The van der Waals surface area contributed by atoms with E-state index in [9.17, 15) is 0 Å². The number of hydrogen-bond donors (Lipinski definition) is 0. The van der Waals surface area contributed by atoms with Crippen molar-refractivity contribution in [3.8, 4) is 0 Å². The van der Waals surface area contributed by atoms with Gasteiger partial charge in [-0.25, -0.2) is 0 Å². The van der Waals surface area contributed by atoms with Gasteiger partial charge in [-0.2, -0.15) is 0 Å². The summed E-state index contributed by atoms with van der Waals surface area (Å²) in [6.07, 6.45) is 1.98. The van der Waals surface area contributed by atoms with Crippen LogP contribution in [0.3, 0.4) is 0 Å². The van der Waals surface area contributed by atoms with Gasteiger partial charge in [-0.05, 0) is 30.5 Å². The maximum absolute atomic E-state index is 5.70. The van der Waals surface area contributed by atoms with Crippen LogP contribution < -0.4 is 0 Å². The van der Waals surface area contributed by atoms with E-state index >= 15 is 0 Å². The van der Waals surface area contributed by atoms with Gasteiger partial charge in [0.15, 0.2) is 0 Å². The fourth-order valence-corrected chi connectivity index (χ4v) is 0.981. The number of rotatable bonds is 2. The summed E-state index contributed by atoms with van der Waals surface area (Å²) in [7, 11) is 0. The molecule has 0 heterocycles. The van der Waals surface area contributed by atoms with Crippen molar-refractivity contribution in [2.75, 3.05) is 0 Å². The predicted octanol–water partition coefficient (Wildman–Crippen LogP) is 4.21. The predicted molar refractivity (Wildman–Crippen MR) is 69.9 cm³/mol. The van der Waals surface area contributed by atoms with Crippen molar-refractivity contribution in [2.45, 2.75) is 27.7 Å². The first kappa shape index (κ1) is 14.3. The second-order valence-electron chi connectivity index (χ2n) is 3.96. The van der Waals surface area contributed by atoms with Crippen molar-refractivity contribution in [1.29, 1.82) is 0 Å². The normalized spacial score (nSPS) is 9.57. The van der Waals surface area contributed by atoms with Gasteiger partial charge in [-0.15, -0.1) is 0 Å². The zero-order valence-corrected chi connectivity index (χ0v) is 13.4. The van der Waals surface area contributed by atoms with Crippen molar-refractivity contribution in [1.82, 2.24) is 0 Å². The molecule has 0 spiro atoms. The van der Waals surface area contributed by atoms with E-state index < -0.39 is 19.8 Å². The van der Waals surface area contributed by atoms with Gasteiger partial charge in [0.2, 0.25) is 0 Å². The van der Waals surface area contributed by atoms with Crippen LogP contribution in [0.2, 0.25) is 19.8 Å². The summed E-state index contributed by atoms with van der Waals surface area (Å²) in [5, 5.41) is 0.799. The van der Waals surface area contributed by atoms with Gasteiger partial charge in [0.25, 0.3) is 0 Å². The Labute approximate surface area is 100 Å². The first-order chi connectivity index (χ1) is 6.56. The summed E-state index contributed by atoms with van der Waals surface area (Å²) < 4.78 is 0. The second kappa shape index (κ2) is 8.60. The van der Waals surface area contributed by atoms with E-state index in [4.69, 9.17) is 11.6 Å². The van der Waals surface area contributed by atoms with Crippen LogP contribution in [0.5, 0.6) is 0 Å². The van der Waals surface area contributed by atoms with Gasteiger partial charge >= 0.3 is 34.6 Å². The molecule has 0 saturated carbocycles. The van der Waals surface area contributed by atoms with Crippen LogP contribution in [0.4, 0.5) is 0 Å². The molecule has 1 aromatic rings. The molecule has 0 bridgehead atoms. The molecule has 1 rings (SSSR count). The topological polar surface area (TPSA) is 0 Å². The van der Waals surface area contributed by atoms with E-state index in [0.717, 1.165) is 17.9 Å². The Morgan fingerprint density at radius 3 is 1.93 bits per heavy atom. The van der Waals surface area contributed by atoms with E-state index in [-0.39, 0.29) is 0 Å². The first-order valence-electron chi connectivity index (χ1n) is 5.10. The van der Waals surface area contributed by atoms with E-state index in [1.807, 2.05) is 24.3 Å². The summed E-state index contributed by atoms with van der Waals surface area (Å²) in [5.41, 5.74) is 1.31.